The molecule has 1 saturated heterocycles. The molecular weight excluding hydrogens is 286 g/mol. The molecule has 5 nitrogen and oxygen atoms in total. The van der Waals surface area contributed by atoms with E-state index in [0.717, 1.165) is 32.4 Å². The number of thiophene rings is 1. The number of likely N-dealkylation sites (tertiary alicyclic amines) is 1. The van der Waals surface area contributed by atoms with Crippen molar-refractivity contribution in [3.8, 4) is 5.75 Å². The zero-order chi connectivity index (χ0) is 14.7. The van der Waals surface area contributed by atoms with E-state index in [0.29, 0.717) is 10.6 Å². The molecule has 0 radical (unpaired) electrons. The Labute approximate surface area is 128 Å². The Hall–Kier alpha value is -1.82. The van der Waals surface area contributed by atoms with Gasteiger partial charge in [-0.3, -0.25) is 9.48 Å². The van der Waals surface area contributed by atoms with Gasteiger partial charge >= 0.3 is 0 Å². The smallest absolute Gasteiger partial charge is 0.268 e. The summed E-state index contributed by atoms with van der Waals surface area (Å²) in [6, 6.07) is 3.97. The second-order valence-electron chi connectivity index (χ2n) is 5.19. The Bertz CT molecular complexity index is 594. The quantitative estimate of drug-likeness (QED) is 0.872. The molecule has 1 aliphatic rings. The summed E-state index contributed by atoms with van der Waals surface area (Å²) in [5.74, 6) is 0.757. The summed E-state index contributed by atoms with van der Waals surface area (Å²) >= 11 is 1.45. The predicted octanol–water partition coefficient (Wildman–Crippen LogP) is 2.65. The summed E-state index contributed by atoms with van der Waals surface area (Å²) in [6.45, 7) is 1.57. The van der Waals surface area contributed by atoms with E-state index in [1.807, 2.05) is 33.3 Å². The number of rotatable bonds is 4. The van der Waals surface area contributed by atoms with Gasteiger partial charge in [-0.15, -0.1) is 11.3 Å². The number of hydrogen-bond donors (Lipinski definition) is 0. The van der Waals surface area contributed by atoms with Gasteiger partial charge in [-0.2, -0.15) is 5.10 Å². The molecular formula is C15H19N3O2S. The number of piperidine rings is 1. The highest BCUT2D eigenvalue weighted by molar-refractivity contribution is 7.12. The third-order valence-electron chi connectivity index (χ3n) is 3.89. The molecule has 0 bridgehead atoms. The molecule has 0 aliphatic carbocycles. The summed E-state index contributed by atoms with van der Waals surface area (Å²) < 4.78 is 7.19. The van der Waals surface area contributed by atoms with E-state index < -0.39 is 0 Å². The summed E-state index contributed by atoms with van der Waals surface area (Å²) in [5, 5.41) is 6.16. The molecule has 2 aromatic heterocycles. The second kappa shape index (κ2) is 6.30. The van der Waals surface area contributed by atoms with Gasteiger partial charge < -0.3 is 9.64 Å². The minimum absolute atomic E-state index is 0.0821. The van der Waals surface area contributed by atoms with Crippen molar-refractivity contribution in [2.45, 2.75) is 31.8 Å². The monoisotopic (exact) mass is 305 g/mol. The number of carbonyl (C=O) groups is 1. The minimum Gasteiger partial charge on any atom is -0.495 e. The molecule has 1 atom stereocenters. The molecule has 2 aromatic rings. The van der Waals surface area contributed by atoms with Crippen LogP contribution in [0.3, 0.4) is 0 Å². The van der Waals surface area contributed by atoms with Crippen molar-refractivity contribution in [3.05, 3.63) is 34.8 Å². The zero-order valence-electron chi connectivity index (χ0n) is 12.1. The van der Waals surface area contributed by atoms with Crippen molar-refractivity contribution in [2.24, 2.45) is 0 Å². The molecule has 1 aliphatic heterocycles. The van der Waals surface area contributed by atoms with Crippen molar-refractivity contribution in [1.82, 2.24) is 14.7 Å². The SMILES string of the molecule is COc1ccsc1C(=O)N1CCCC[C@@H]1Cn1cccn1. The largest absolute Gasteiger partial charge is 0.495 e. The maximum absolute atomic E-state index is 12.8. The topological polar surface area (TPSA) is 47.4 Å². The van der Waals surface area contributed by atoms with Crippen molar-refractivity contribution in [3.63, 3.8) is 0 Å². The van der Waals surface area contributed by atoms with Gasteiger partial charge in [-0.25, -0.2) is 0 Å². The van der Waals surface area contributed by atoms with Crippen molar-refractivity contribution >= 4 is 17.2 Å². The van der Waals surface area contributed by atoms with Crippen molar-refractivity contribution in [2.75, 3.05) is 13.7 Å². The first-order valence-corrected chi connectivity index (χ1v) is 8.07. The van der Waals surface area contributed by atoms with E-state index in [1.165, 1.54) is 11.3 Å². The van der Waals surface area contributed by atoms with E-state index in [4.69, 9.17) is 4.74 Å². The average Bonchev–Trinajstić information content (AvgIpc) is 3.18. The van der Waals surface area contributed by atoms with Crippen LogP contribution in [0, 0.1) is 0 Å². The number of methoxy groups -OCH3 is 1. The Morgan fingerprint density at radius 1 is 1.52 bits per heavy atom. The van der Waals surface area contributed by atoms with Gasteiger partial charge in [0.2, 0.25) is 0 Å². The van der Waals surface area contributed by atoms with Crippen LogP contribution in [0.5, 0.6) is 5.75 Å². The van der Waals surface area contributed by atoms with Gasteiger partial charge in [0.05, 0.1) is 19.7 Å². The van der Waals surface area contributed by atoms with Crippen LogP contribution >= 0.6 is 11.3 Å². The molecule has 1 fully saturated rings. The van der Waals surface area contributed by atoms with Crippen LogP contribution in [0.25, 0.3) is 0 Å². The fourth-order valence-electron chi connectivity index (χ4n) is 2.83. The van der Waals surface area contributed by atoms with Gasteiger partial charge in [-0.05, 0) is 36.8 Å². The molecule has 3 rings (SSSR count). The molecule has 1 amide bonds. The molecule has 3 heterocycles. The molecule has 0 spiro atoms. The summed E-state index contributed by atoms with van der Waals surface area (Å²) in [6.07, 6.45) is 6.98. The Balaban J connectivity index is 1.79. The third-order valence-corrected chi connectivity index (χ3v) is 4.77. The highest BCUT2D eigenvalue weighted by Gasteiger charge is 2.30. The van der Waals surface area contributed by atoms with Crippen LogP contribution in [0.1, 0.15) is 28.9 Å². The standard InChI is InChI=1S/C15H19N3O2S/c1-20-13-6-10-21-14(13)15(19)18-9-3-2-5-12(18)11-17-8-4-7-16-17/h4,6-8,10,12H,2-3,5,9,11H2,1H3/t12-/m1/s1. The van der Waals surface area contributed by atoms with E-state index in [2.05, 4.69) is 5.10 Å². The highest BCUT2D eigenvalue weighted by Crippen LogP contribution is 2.29. The van der Waals surface area contributed by atoms with Crippen LogP contribution in [0.2, 0.25) is 0 Å². The van der Waals surface area contributed by atoms with Crippen LogP contribution in [0.4, 0.5) is 0 Å². The van der Waals surface area contributed by atoms with Crippen LogP contribution in [-0.2, 0) is 6.54 Å². The molecule has 0 N–H and O–H groups in total. The van der Waals surface area contributed by atoms with E-state index in [9.17, 15) is 4.79 Å². The lowest BCUT2D eigenvalue weighted by molar-refractivity contribution is 0.0586. The normalized spacial score (nSPS) is 18.7. The van der Waals surface area contributed by atoms with Crippen LogP contribution < -0.4 is 4.74 Å². The first kappa shape index (κ1) is 14.1. The number of aromatic nitrogens is 2. The van der Waals surface area contributed by atoms with E-state index in [1.54, 1.807) is 13.3 Å². The van der Waals surface area contributed by atoms with Gasteiger partial charge in [0.25, 0.3) is 5.91 Å². The number of hydrogen-bond acceptors (Lipinski definition) is 4. The van der Waals surface area contributed by atoms with Gasteiger partial charge in [0.1, 0.15) is 10.6 Å². The molecule has 21 heavy (non-hydrogen) atoms. The lowest BCUT2D eigenvalue weighted by atomic mass is 10.0. The highest BCUT2D eigenvalue weighted by atomic mass is 32.1. The van der Waals surface area contributed by atoms with Gasteiger partial charge in [0.15, 0.2) is 0 Å². The van der Waals surface area contributed by atoms with Crippen LogP contribution in [0.15, 0.2) is 29.9 Å². The van der Waals surface area contributed by atoms with E-state index >= 15 is 0 Å². The van der Waals surface area contributed by atoms with E-state index in [-0.39, 0.29) is 11.9 Å². The Morgan fingerprint density at radius 3 is 3.19 bits per heavy atom. The summed E-state index contributed by atoms with van der Waals surface area (Å²) in [7, 11) is 1.61. The Morgan fingerprint density at radius 2 is 2.43 bits per heavy atom. The first-order valence-electron chi connectivity index (χ1n) is 7.19. The van der Waals surface area contributed by atoms with Gasteiger partial charge in [-0.1, -0.05) is 0 Å². The summed E-state index contributed by atoms with van der Waals surface area (Å²) in [5.41, 5.74) is 0. The zero-order valence-corrected chi connectivity index (χ0v) is 12.9. The van der Waals surface area contributed by atoms with Crippen LogP contribution in [-0.4, -0.2) is 40.3 Å². The summed E-state index contributed by atoms with van der Waals surface area (Å²) in [4.78, 5) is 15.5. The second-order valence-corrected chi connectivity index (χ2v) is 6.11. The Kier molecular flexibility index (Phi) is 4.24. The lowest BCUT2D eigenvalue weighted by Crippen LogP contribution is -2.45. The fraction of sp³-hybridized carbons (Fsp3) is 0.467. The number of carbonyl (C=O) groups excluding carboxylic acids is 1. The molecule has 0 aromatic carbocycles. The minimum atomic E-state index is 0.0821. The maximum Gasteiger partial charge on any atom is 0.268 e. The molecule has 6 heteroatoms. The third kappa shape index (κ3) is 2.95. The fourth-order valence-corrected chi connectivity index (χ4v) is 3.64. The lowest BCUT2D eigenvalue weighted by Gasteiger charge is -2.35. The average molecular weight is 305 g/mol. The van der Waals surface area contributed by atoms with Crippen molar-refractivity contribution < 1.29 is 9.53 Å². The molecule has 0 unspecified atom stereocenters. The molecule has 0 saturated carbocycles. The maximum atomic E-state index is 12.8. The number of amides is 1. The first-order chi connectivity index (χ1) is 10.3. The number of ether oxygens (including phenoxy) is 1. The number of nitrogens with zero attached hydrogens (tertiary/aromatic N) is 3. The predicted molar refractivity (Wildman–Crippen MR) is 81.8 cm³/mol. The molecule has 112 valence electrons. The van der Waals surface area contributed by atoms with Gasteiger partial charge in [0, 0.05) is 18.9 Å². The van der Waals surface area contributed by atoms with Crippen molar-refractivity contribution in [1.29, 1.82) is 0 Å².